The molecule has 2 aromatic carbocycles. The summed E-state index contributed by atoms with van der Waals surface area (Å²) in [7, 11) is -4.28. The second-order valence-electron chi connectivity index (χ2n) is 5.70. The Morgan fingerprint density at radius 3 is 2.46 bits per heavy atom. The highest BCUT2D eigenvalue weighted by Gasteiger charge is 2.22. The lowest BCUT2D eigenvalue weighted by molar-refractivity contribution is -0.385. The molecule has 28 heavy (non-hydrogen) atoms. The third-order valence-corrected chi connectivity index (χ3v) is 5.11. The summed E-state index contributed by atoms with van der Waals surface area (Å²) in [5, 5.41) is 13.5. The number of nitro groups is 1. The zero-order valence-corrected chi connectivity index (χ0v) is 15.3. The van der Waals surface area contributed by atoms with Crippen molar-refractivity contribution in [2.75, 3.05) is 5.32 Å². The Kier molecular flexibility index (Phi) is 5.14. The van der Waals surface area contributed by atoms with E-state index in [0.717, 1.165) is 6.07 Å². The summed E-state index contributed by atoms with van der Waals surface area (Å²) in [6.07, 6.45) is 1.37. The maximum Gasteiger partial charge on any atom is 0.339 e. The van der Waals surface area contributed by atoms with Gasteiger partial charge in [0.2, 0.25) is 0 Å². The fraction of sp³-hybridized carbons (Fsp3) is 0.0556. The van der Waals surface area contributed by atoms with Crippen LogP contribution in [0.1, 0.15) is 16.1 Å². The number of anilines is 1. The molecule has 10 heteroatoms. The molecule has 1 heterocycles. The van der Waals surface area contributed by atoms with E-state index in [9.17, 15) is 23.3 Å². The van der Waals surface area contributed by atoms with Crippen molar-refractivity contribution in [1.82, 2.24) is 0 Å². The predicted octanol–water partition coefficient (Wildman–Crippen LogP) is 3.52. The van der Waals surface area contributed by atoms with E-state index in [0.29, 0.717) is 11.3 Å². The minimum absolute atomic E-state index is 0.0121. The maximum absolute atomic E-state index is 12.5. The van der Waals surface area contributed by atoms with Crippen LogP contribution < -0.4 is 9.50 Å². The first-order chi connectivity index (χ1) is 13.3. The molecule has 0 aliphatic rings. The van der Waals surface area contributed by atoms with Gasteiger partial charge in [0, 0.05) is 17.8 Å². The molecule has 0 aliphatic heterocycles. The topological polar surface area (TPSA) is 129 Å². The van der Waals surface area contributed by atoms with E-state index >= 15 is 0 Å². The molecule has 1 amide bonds. The average Bonchev–Trinajstić information content (AvgIpc) is 3.18. The molecular weight excluding hydrogens is 388 g/mol. The van der Waals surface area contributed by atoms with Crippen molar-refractivity contribution in [2.45, 2.75) is 11.8 Å². The SMILES string of the molecule is Cc1ccc([N+](=O)[O-])cc1S(=O)(=O)Oc1ccc(NC(=O)c2ccco2)cc1. The molecule has 3 aromatic rings. The van der Waals surface area contributed by atoms with E-state index in [-0.39, 0.29) is 22.1 Å². The fourth-order valence-electron chi connectivity index (χ4n) is 2.34. The highest BCUT2D eigenvalue weighted by Crippen LogP contribution is 2.26. The van der Waals surface area contributed by atoms with E-state index in [1.54, 1.807) is 6.07 Å². The van der Waals surface area contributed by atoms with Gasteiger partial charge in [0.1, 0.15) is 10.6 Å². The third-order valence-electron chi connectivity index (χ3n) is 3.71. The molecule has 0 atom stereocenters. The van der Waals surface area contributed by atoms with Gasteiger partial charge in [0.15, 0.2) is 5.76 Å². The molecule has 1 N–H and O–H groups in total. The zero-order valence-electron chi connectivity index (χ0n) is 14.5. The number of hydrogen-bond donors (Lipinski definition) is 1. The van der Waals surface area contributed by atoms with Crippen LogP contribution in [0, 0.1) is 17.0 Å². The Morgan fingerprint density at radius 1 is 1.14 bits per heavy atom. The molecule has 0 saturated carbocycles. The molecule has 0 bridgehead atoms. The second kappa shape index (κ2) is 7.53. The largest absolute Gasteiger partial charge is 0.459 e. The van der Waals surface area contributed by atoms with Crippen molar-refractivity contribution in [3.63, 3.8) is 0 Å². The third kappa shape index (κ3) is 4.18. The van der Waals surface area contributed by atoms with Crippen molar-refractivity contribution in [3.8, 4) is 5.75 Å². The average molecular weight is 402 g/mol. The minimum atomic E-state index is -4.28. The molecule has 9 nitrogen and oxygen atoms in total. The molecule has 0 fully saturated rings. The Bertz CT molecular complexity index is 1120. The van der Waals surface area contributed by atoms with Crippen LogP contribution >= 0.6 is 0 Å². The lowest BCUT2D eigenvalue weighted by Crippen LogP contribution is -2.12. The summed E-state index contributed by atoms with van der Waals surface area (Å²) in [5.74, 6) is -0.343. The number of rotatable bonds is 6. The van der Waals surface area contributed by atoms with Crippen molar-refractivity contribution in [1.29, 1.82) is 0 Å². The number of aryl methyl sites for hydroxylation is 1. The number of nitrogens with zero attached hydrogens (tertiary/aromatic N) is 1. The summed E-state index contributed by atoms with van der Waals surface area (Å²) < 4.78 is 35.0. The van der Waals surface area contributed by atoms with E-state index < -0.39 is 20.9 Å². The van der Waals surface area contributed by atoms with Crippen LogP contribution in [0.4, 0.5) is 11.4 Å². The molecular formula is C18H14N2O7S. The molecule has 0 saturated heterocycles. The predicted molar refractivity (Wildman–Crippen MR) is 98.8 cm³/mol. The van der Waals surface area contributed by atoms with Crippen molar-refractivity contribution < 1.29 is 26.7 Å². The van der Waals surface area contributed by atoms with Crippen LogP contribution in [0.3, 0.4) is 0 Å². The number of carbonyl (C=O) groups is 1. The number of nitro benzene ring substituents is 1. The maximum atomic E-state index is 12.5. The lowest BCUT2D eigenvalue weighted by atomic mass is 10.2. The van der Waals surface area contributed by atoms with Gasteiger partial charge in [0.05, 0.1) is 11.2 Å². The first-order valence-electron chi connectivity index (χ1n) is 7.91. The summed E-state index contributed by atoms with van der Waals surface area (Å²) in [5.41, 5.74) is 0.356. The van der Waals surface area contributed by atoms with Crippen LogP contribution in [0.25, 0.3) is 0 Å². The van der Waals surface area contributed by atoms with Gasteiger partial charge >= 0.3 is 10.1 Å². The van der Waals surface area contributed by atoms with Gasteiger partial charge in [-0.25, -0.2) is 0 Å². The van der Waals surface area contributed by atoms with Gasteiger partial charge in [0.25, 0.3) is 11.6 Å². The Morgan fingerprint density at radius 2 is 1.86 bits per heavy atom. The summed E-state index contributed by atoms with van der Waals surface area (Å²) in [6, 6.07) is 12.2. The number of hydrogen-bond acceptors (Lipinski definition) is 7. The van der Waals surface area contributed by atoms with Gasteiger partial charge in [-0.15, -0.1) is 0 Å². The molecule has 0 unspecified atom stereocenters. The quantitative estimate of drug-likeness (QED) is 0.379. The number of carbonyl (C=O) groups excluding carboxylic acids is 1. The van der Waals surface area contributed by atoms with E-state index in [4.69, 9.17) is 8.60 Å². The number of amides is 1. The fourth-order valence-corrected chi connectivity index (χ4v) is 3.52. The second-order valence-corrected chi connectivity index (χ2v) is 7.21. The highest BCUT2D eigenvalue weighted by atomic mass is 32.2. The standard InChI is InChI=1S/C18H14N2O7S/c1-12-4-7-14(20(22)23)11-17(12)28(24,25)27-15-8-5-13(6-9-15)19-18(21)16-3-2-10-26-16/h2-11H,1H3,(H,19,21). The molecule has 0 aliphatic carbocycles. The normalized spacial score (nSPS) is 11.0. The van der Waals surface area contributed by atoms with Crippen LogP contribution in [-0.2, 0) is 10.1 Å². The Balaban J connectivity index is 1.77. The number of nitrogens with one attached hydrogen (secondary N) is 1. The van der Waals surface area contributed by atoms with Crippen molar-refractivity contribution >= 4 is 27.4 Å². The van der Waals surface area contributed by atoms with Gasteiger partial charge in [-0.2, -0.15) is 8.42 Å². The lowest BCUT2D eigenvalue weighted by Gasteiger charge is -2.10. The van der Waals surface area contributed by atoms with Crippen molar-refractivity contribution in [3.05, 3.63) is 82.3 Å². The first-order valence-corrected chi connectivity index (χ1v) is 9.31. The van der Waals surface area contributed by atoms with Crippen LogP contribution in [0.2, 0.25) is 0 Å². The molecule has 3 rings (SSSR count). The summed E-state index contributed by atoms with van der Waals surface area (Å²) in [4.78, 5) is 21.8. The Hall–Kier alpha value is -3.66. The molecule has 0 spiro atoms. The van der Waals surface area contributed by atoms with Crippen LogP contribution in [0.5, 0.6) is 5.75 Å². The van der Waals surface area contributed by atoms with Gasteiger partial charge in [-0.1, -0.05) is 6.07 Å². The van der Waals surface area contributed by atoms with Gasteiger partial charge in [-0.05, 0) is 48.9 Å². The van der Waals surface area contributed by atoms with Gasteiger partial charge < -0.3 is 13.9 Å². The summed E-state index contributed by atoms with van der Waals surface area (Å²) >= 11 is 0. The van der Waals surface area contributed by atoms with E-state index in [1.807, 2.05) is 0 Å². The zero-order chi connectivity index (χ0) is 20.3. The minimum Gasteiger partial charge on any atom is -0.459 e. The number of non-ortho nitro benzene ring substituents is 1. The molecule has 144 valence electrons. The van der Waals surface area contributed by atoms with Gasteiger partial charge in [-0.3, -0.25) is 14.9 Å². The van der Waals surface area contributed by atoms with Crippen molar-refractivity contribution in [2.24, 2.45) is 0 Å². The Labute approximate surface area is 159 Å². The van der Waals surface area contributed by atoms with Crippen LogP contribution in [-0.4, -0.2) is 19.2 Å². The van der Waals surface area contributed by atoms with Crippen LogP contribution in [0.15, 0.2) is 70.2 Å². The molecule has 1 aromatic heterocycles. The highest BCUT2D eigenvalue weighted by molar-refractivity contribution is 7.87. The molecule has 0 radical (unpaired) electrons. The number of benzene rings is 2. The smallest absolute Gasteiger partial charge is 0.339 e. The summed E-state index contributed by atoms with van der Waals surface area (Å²) in [6.45, 7) is 1.51. The monoisotopic (exact) mass is 402 g/mol. The first kappa shape index (κ1) is 19.1. The van der Waals surface area contributed by atoms with E-state index in [2.05, 4.69) is 5.32 Å². The van der Waals surface area contributed by atoms with E-state index in [1.165, 1.54) is 55.7 Å². The number of furan rings is 1.